The summed E-state index contributed by atoms with van der Waals surface area (Å²) in [5.74, 6) is -0.194. The summed E-state index contributed by atoms with van der Waals surface area (Å²) in [6.45, 7) is 1.98. The average Bonchev–Trinajstić information content (AvgIpc) is 2.69. The van der Waals surface area contributed by atoms with Crippen LogP contribution in [0.15, 0.2) is 47.5 Å². The molecule has 0 fully saturated rings. The van der Waals surface area contributed by atoms with E-state index in [1.807, 2.05) is 37.3 Å². The van der Waals surface area contributed by atoms with E-state index in [0.29, 0.717) is 16.4 Å². The number of rotatable bonds is 1. The third kappa shape index (κ3) is 2.13. The molecule has 3 rings (SSSR count). The summed E-state index contributed by atoms with van der Waals surface area (Å²) in [7, 11) is 0. The van der Waals surface area contributed by atoms with Crippen molar-refractivity contribution < 1.29 is 4.79 Å². The maximum atomic E-state index is 12.0. The predicted molar refractivity (Wildman–Crippen MR) is 77.5 cm³/mol. The smallest absolute Gasteiger partial charge is 0.275 e. The molecule has 1 heterocycles. The van der Waals surface area contributed by atoms with Gasteiger partial charge in [0.25, 0.3) is 5.91 Å². The fourth-order valence-corrected chi connectivity index (χ4v) is 2.22. The highest BCUT2D eigenvalue weighted by Crippen LogP contribution is 2.29. The van der Waals surface area contributed by atoms with E-state index in [1.165, 1.54) is 0 Å². The van der Waals surface area contributed by atoms with Crippen molar-refractivity contribution in [3.8, 4) is 0 Å². The maximum Gasteiger partial charge on any atom is 0.275 e. The Hall–Kier alpha value is -2.13. The molecule has 2 aromatic rings. The van der Waals surface area contributed by atoms with Crippen LogP contribution in [0.2, 0.25) is 5.02 Å². The molecule has 1 amide bonds. The monoisotopic (exact) mass is 270 g/mol. The van der Waals surface area contributed by atoms with E-state index in [4.69, 9.17) is 11.6 Å². The molecule has 3 nitrogen and oxygen atoms in total. The summed E-state index contributed by atoms with van der Waals surface area (Å²) >= 11 is 6.07. The van der Waals surface area contributed by atoms with Gasteiger partial charge in [0.05, 0.1) is 16.4 Å². The number of hydrogen-bond donors (Lipinski definition) is 1. The van der Waals surface area contributed by atoms with Crippen LogP contribution in [0, 0.1) is 6.92 Å². The van der Waals surface area contributed by atoms with Crippen LogP contribution in [0.5, 0.6) is 0 Å². The Morgan fingerprint density at radius 3 is 2.74 bits per heavy atom. The molecule has 1 N–H and O–H groups in total. The Bertz CT molecular complexity index is 707. The minimum atomic E-state index is -0.194. The SMILES string of the molecule is Cc1ccc2c(c1)C(=Nc1ccccc1Cl)C(=O)N2. The Balaban J connectivity index is 2.14. The van der Waals surface area contributed by atoms with E-state index in [2.05, 4.69) is 10.3 Å². The topological polar surface area (TPSA) is 41.5 Å². The lowest BCUT2D eigenvalue weighted by Crippen LogP contribution is -2.13. The van der Waals surface area contributed by atoms with Gasteiger partial charge in [-0.15, -0.1) is 0 Å². The molecule has 0 saturated heterocycles. The van der Waals surface area contributed by atoms with Gasteiger partial charge >= 0.3 is 0 Å². The van der Waals surface area contributed by atoms with Gasteiger partial charge in [0.1, 0.15) is 5.71 Å². The molecule has 0 atom stereocenters. The molecular weight excluding hydrogens is 260 g/mol. The van der Waals surface area contributed by atoms with Crippen molar-refractivity contribution in [2.24, 2.45) is 4.99 Å². The number of nitrogens with zero attached hydrogens (tertiary/aromatic N) is 1. The van der Waals surface area contributed by atoms with Gasteiger partial charge in [-0.2, -0.15) is 0 Å². The minimum absolute atomic E-state index is 0.194. The van der Waals surface area contributed by atoms with Crippen molar-refractivity contribution in [3.05, 3.63) is 58.6 Å². The minimum Gasteiger partial charge on any atom is -0.320 e. The second kappa shape index (κ2) is 4.52. The van der Waals surface area contributed by atoms with Gasteiger partial charge in [0.15, 0.2) is 0 Å². The van der Waals surface area contributed by atoms with Gasteiger partial charge in [-0.1, -0.05) is 35.4 Å². The number of carbonyl (C=O) groups excluding carboxylic acids is 1. The molecule has 0 aliphatic carbocycles. The van der Waals surface area contributed by atoms with E-state index in [0.717, 1.165) is 16.8 Å². The lowest BCUT2D eigenvalue weighted by molar-refractivity contribution is -0.110. The van der Waals surface area contributed by atoms with E-state index >= 15 is 0 Å². The highest BCUT2D eigenvalue weighted by molar-refractivity contribution is 6.54. The van der Waals surface area contributed by atoms with E-state index in [-0.39, 0.29) is 5.91 Å². The number of fused-ring (bicyclic) bond motifs is 1. The molecule has 0 aromatic heterocycles. The molecule has 1 aliphatic rings. The zero-order valence-electron chi connectivity index (χ0n) is 10.3. The van der Waals surface area contributed by atoms with Gasteiger partial charge in [0.2, 0.25) is 0 Å². The molecule has 1 aliphatic heterocycles. The summed E-state index contributed by atoms with van der Waals surface area (Å²) in [6.07, 6.45) is 0. The molecule has 2 aromatic carbocycles. The van der Waals surface area contributed by atoms with Crippen LogP contribution < -0.4 is 5.32 Å². The Labute approximate surface area is 115 Å². The van der Waals surface area contributed by atoms with Crippen LogP contribution in [0.4, 0.5) is 11.4 Å². The molecule has 0 spiro atoms. The zero-order chi connectivity index (χ0) is 13.4. The largest absolute Gasteiger partial charge is 0.320 e. The third-order valence-corrected chi connectivity index (χ3v) is 3.30. The lowest BCUT2D eigenvalue weighted by atomic mass is 10.1. The summed E-state index contributed by atoms with van der Waals surface area (Å²) in [4.78, 5) is 16.4. The molecule has 19 heavy (non-hydrogen) atoms. The van der Waals surface area contributed by atoms with Gasteiger partial charge in [0, 0.05) is 5.56 Å². The normalized spacial score (nSPS) is 15.5. The van der Waals surface area contributed by atoms with Crippen LogP contribution >= 0.6 is 11.6 Å². The number of para-hydroxylation sites is 1. The average molecular weight is 271 g/mol. The number of aliphatic imine (C=N–C) groups is 1. The fraction of sp³-hybridized carbons (Fsp3) is 0.0667. The first-order valence-electron chi connectivity index (χ1n) is 5.91. The van der Waals surface area contributed by atoms with Crippen molar-refractivity contribution in [2.75, 3.05) is 5.32 Å². The van der Waals surface area contributed by atoms with Crippen LogP contribution in [-0.4, -0.2) is 11.6 Å². The van der Waals surface area contributed by atoms with E-state index in [1.54, 1.807) is 12.1 Å². The number of carbonyl (C=O) groups is 1. The van der Waals surface area contributed by atoms with E-state index in [9.17, 15) is 4.79 Å². The van der Waals surface area contributed by atoms with Crippen molar-refractivity contribution in [1.29, 1.82) is 0 Å². The first kappa shape index (κ1) is 11.9. The number of hydrogen-bond acceptors (Lipinski definition) is 2. The standard InChI is InChI=1S/C15H11ClN2O/c1-9-6-7-12-10(8-9)14(15(19)18-12)17-13-5-3-2-4-11(13)16/h2-8H,1H3,(H,17,18,19). The number of benzene rings is 2. The van der Waals surface area contributed by atoms with Gasteiger partial charge < -0.3 is 5.32 Å². The molecular formula is C15H11ClN2O. The summed E-state index contributed by atoms with van der Waals surface area (Å²) in [5.41, 5.74) is 3.71. The molecule has 0 saturated carbocycles. The molecule has 0 radical (unpaired) electrons. The van der Waals surface area contributed by atoms with E-state index < -0.39 is 0 Å². The zero-order valence-corrected chi connectivity index (χ0v) is 11.0. The van der Waals surface area contributed by atoms with Crippen molar-refractivity contribution in [2.45, 2.75) is 6.92 Å². The van der Waals surface area contributed by atoms with Gasteiger partial charge in [-0.3, -0.25) is 4.79 Å². The first-order chi connectivity index (χ1) is 9.15. The highest BCUT2D eigenvalue weighted by atomic mass is 35.5. The van der Waals surface area contributed by atoms with Crippen molar-refractivity contribution in [1.82, 2.24) is 0 Å². The number of anilines is 1. The third-order valence-electron chi connectivity index (χ3n) is 2.98. The lowest BCUT2D eigenvalue weighted by Gasteiger charge is -2.01. The van der Waals surface area contributed by atoms with Gasteiger partial charge in [-0.25, -0.2) is 4.99 Å². The fourth-order valence-electron chi connectivity index (χ4n) is 2.04. The molecule has 4 heteroatoms. The highest BCUT2D eigenvalue weighted by Gasteiger charge is 2.26. The Kier molecular flexibility index (Phi) is 2.84. The number of nitrogens with one attached hydrogen (secondary N) is 1. The summed E-state index contributed by atoms with van der Waals surface area (Å²) < 4.78 is 0. The number of amides is 1. The molecule has 0 bridgehead atoms. The Morgan fingerprint density at radius 1 is 1.16 bits per heavy atom. The van der Waals surface area contributed by atoms with Crippen LogP contribution in [-0.2, 0) is 4.79 Å². The number of halogens is 1. The predicted octanol–water partition coefficient (Wildman–Crippen LogP) is 3.72. The van der Waals surface area contributed by atoms with Crippen LogP contribution in [0.1, 0.15) is 11.1 Å². The second-order valence-electron chi connectivity index (χ2n) is 4.41. The summed E-state index contributed by atoms with van der Waals surface area (Å²) in [5, 5.41) is 3.33. The first-order valence-corrected chi connectivity index (χ1v) is 6.28. The molecule has 94 valence electrons. The molecule has 0 unspecified atom stereocenters. The van der Waals surface area contributed by atoms with Crippen molar-refractivity contribution in [3.63, 3.8) is 0 Å². The Morgan fingerprint density at radius 2 is 1.95 bits per heavy atom. The maximum absolute atomic E-state index is 12.0. The van der Waals surface area contributed by atoms with Crippen LogP contribution in [0.3, 0.4) is 0 Å². The van der Waals surface area contributed by atoms with Crippen LogP contribution in [0.25, 0.3) is 0 Å². The summed E-state index contributed by atoms with van der Waals surface area (Å²) in [6, 6.07) is 13.0. The quantitative estimate of drug-likeness (QED) is 0.843. The van der Waals surface area contributed by atoms with Crippen molar-refractivity contribution >= 4 is 34.6 Å². The van der Waals surface area contributed by atoms with Gasteiger partial charge in [-0.05, 0) is 31.2 Å². The number of aryl methyl sites for hydroxylation is 1. The second-order valence-corrected chi connectivity index (χ2v) is 4.82.